The topological polar surface area (TPSA) is 52.7 Å². The Morgan fingerprint density at radius 3 is 2.31 bits per heavy atom. The SMILES string of the molecule is CCNC(C)CN1CC(=O)N(CC)CC1=O. The zero-order chi connectivity index (χ0) is 12.1. The molecule has 92 valence electrons. The van der Waals surface area contributed by atoms with Gasteiger partial charge >= 0.3 is 0 Å². The van der Waals surface area contributed by atoms with E-state index in [4.69, 9.17) is 0 Å². The van der Waals surface area contributed by atoms with Crippen molar-refractivity contribution in [3.63, 3.8) is 0 Å². The second-order valence-electron chi connectivity index (χ2n) is 4.14. The van der Waals surface area contributed by atoms with Crippen LogP contribution in [0, 0.1) is 0 Å². The minimum Gasteiger partial charge on any atom is -0.332 e. The Hall–Kier alpha value is -1.10. The lowest BCUT2D eigenvalue weighted by Gasteiger charge is -2.34. The fraction of sp³-hybridized carbons (Fsp3) is 0.818. The van der Waals surface area contributed by atoms with E-state index in [1.807, 2.05) is 20.8 Å². The molecule has 0 aromatic carbocycles. The number of piperazine rings is 1. The Morgan fingerprint density at radius 2 is 1.75 bits per heavy atom. The zero-order valence-electron chi connectivity index (χ0n) is 10.3. The molecule has 0 aromatic rings. The van der Waals surface area contributed by atoms with Crippen LogP contribution in [0.2, 0.25) is 0 Å². The van der Waals surface area contributed by atoms with Gasteiger partial charge in [-0.05, 0) is 20.4 Å². The number of hydrogen-bond acceptors (Lipinski definition) is 3. The molecule has 0 aliphatic carbocycles. The van der Waals surface area contributed by atoms with E-state index in [1.165, 1.54) is 0 Å². The number of rotatable bonds is 5. The number of amides is 2. The normalized spacial score (nSPS) is 19.2. The summed E-state index contributed by atoms with van der Waals surface area (Å²) in [5.41, 5.74) is 0. The predicted molar refractivity (Wildman–Crippen MR) is 62.0 cm³/mol. The van der Waals surface area contributed by atoms with Gasteiger partial charge in [0.25, 0.3) is 0 Å². The molecule has 0 spiro atoms. The van der Waals surface area contributed by atoms with Crippen molar-refractivity contribution in [2.75, 3.05) is 32.7 Å². The molecule has 2 amide bonds. The Labute approximate surface area is 96.8 Å². The first kappa shape index (κ1) is 13.0. The molecule has 0 radical (unpaired) electrons. The maximum atomic E-state index is 11.8. The lowest BCUT2D eigenvalue weighted by molar-refractivity contribution is -0.150. The van der Waals surface area contributed by atoms with E-state index >= 15 is 0 Å². The maximum Gasteiger partial charge on any atom is 0.242 e. The average molecular weight is 227 g/mol. The molecule has 1 N–H and O–H groups in total. The Balaban J connectivity index is 2.50. The summed E-state index contributed by atoms with van der Waals surface area (Å²) in [5.74, 6) is 0.0944. The number of carbonyl (C=O) groups is 2. The second-order valence-corrected chi connectivity index (χ2v) is 4.14. The zero-order valence-corrected chi connectivity index (χ0v) is 10.3. The van der Waals surface area contributed by atoms with E-state index in [0.29, 0.717) is 13.1 Å². The highest BCUT2D eigenvalue weighted by Gasteiger charge is 2.29. The van der Waals surface area contributed by atoms with Crippen molar-refractivity contribution in [1.82, 2.24) is 15.1 Å². The molecule has 1 atom stereocenters. The van der Waals surface area contributed by atoms with Gasteiger partial charge in [-0.15, -0.1) is 0 Å². The quantitative estimate of drug-likeness (QED) is 0.700. The summed E-state index contributed by atoms with van der Waals surface area (Å²) in [5, 5.41) is 3.23. The molecule has 5 nitrogen and oxygen atoms in total. The van der Waals surface area contributed by atoms with Crippen molar-refractivity contribution in [2.45, 2.75) is 26.8 Å². The molecule has 1 aliphatic heterocycles. The number of carbonyl (C=O) groups excluding carboxylic acids is 2. The summed E-state index contributed by atoms with van der Waals surface area (Å²) in [6.45, 7) is 8.49. The fourth-order valence-electron chi connectivity index (χ4n) is 1.90. The molecular formula is C11H21N3O2. The van der Waals surface area contributed by atoms with Crippen LogP contribution in [0.5, 0.6) is 0 Å². The predicted octanol–water partition coefficient (Wildman–Crippen LogP) is -0.325. The van der Waals surface area contributed by atoms with Crippen molar-refractivity contribution in [3.05, 3.63) is 0 Å². The molecule has 1 saturated heterocycles. The Bertz CT molecular complexity index is 268. The van der Waals surface area contributed by atoms with Gasteiger partial charge in [-0.1, -0.05) is 6.92 Å². The van der Waals surface area contributed by atoms with Crippen molar-refractivity contribution in [3.8, 4) is 0 Å². The van der Waals surface area contributed by atoms with Crippen LogP contribution in [0.4, 0.5) is 0 Å². The third-order valence-corrected chi connectivity index (χ3v) is 2.79. The molecule has 16 heavy (non-hydrogen) atoms. The van der Waals surface area contributed by atoms with Crippen LogP contribution in [-0.2, 0) is 9.59 Å². The first-order chi connectivity index (χ1) is 7.58. The molecule has 0 aromatic heterocycles. The summed E-state index contributed by atoms with van der Waals surface area (Å²) in [4.78, 5) is 26.6. The number of hydrogen-bond donors (Lipinski definition) is 1. The van der Waals surface area contributed by atoms with E-state index < -0.39 is 0 Å². The molecular weight excluding hydrogens is 206 g/mol. The summed E-state index contributed by atoms with van der Waals surface area (Å²) < 4.78 is 0. The first-order valence-electron chi connectivity index (χ1n) is 5.87. The standard InChI is InChI=1S/C11H21N3O2/c1-4-12-9(3)6-14-8-10(15)13(5-2)7-11(14)16/h9,12H,4-8H2,1-3H3. The van der Waals surface area contributed by atoms with E-state index in [1.54, 1.807) is 9.80 Å². The van der Waals surface area contributed by atoms with Crippen LogP contribution in [0.3, 0.4) is 0 Å². The van der Waals surface area contributed by atoms with Crippen LogP contribution >= 0.6 is 0 Å². The van der Waals surface area contributed by atoms with Gasteiger partial charge in [-0.25, -0.2) is 0 Å². The molecule has 1 aliphatic rings. The van der Waals surface area contributed by atoms with Crippen LogP contribution in [-0.4, -0.2) is 60.4 Å². The van der Waals surface area contributed by atoms with Crippen LogP contribution < -0.4 is 5.32 Å². The maximum absolute atomic E-state index is 11.8. The van der Waals surface area contributed by atoms with Gasteiger partial charge in [0, 0.05) is 19.1 Å². The molecule has 1 fully saturated rings. The van der Waals surface area contributed by atoms with Crippen LogP contribution in [0.15, 0.2) is 0 Å². The second kappa shape index (κ2) is 5.84. The van der Waals surface area contributed by atoms with Gasteiger partial charge in [0.15, 0.2) is 0 Å². The van der Waals surface area contributed by atoms with E-state index in [-0.39, 0.29) is 30.9 Å². The Kier molecular flexibility index (Phi) is 4.73. The van der Waals surface area contributed by atoms with E-state index in [2.05, 4.69) is 5.32 Å². The van der Waals surface area contributed by atoms with Crippen molar-refractivity contribution in [2.24, 2.45) is 0 Å². The first-order valence-corrected chi connectivity index (χ1v) is 5.87. The Morgan fingerprint density at radius 1 is 1.19 bits per heavy atom. The molecule has 1 heterocycles. The van der Waals surface area contributed by atoms with Gasteiger partial charge < -0.3 is 15.1 Å². The van der Waals surface area contributed by atoms with Gasteiger partial charge in [0.05, 0.1) is 13.1 Å². The van der Waals surface area contributed by atoms with E-state index in [0.717, 1.165) is 6.54 Å². The number of nitrogens with zero attached hydrogens (tertiary/aromatic N) is 2. The third-order valence-electron chi connectivity index (χ3n) is 2.79. The highest BCUT2D eigenvalue weighted by Crippen LogP contribution is 2.05. The lowest BCUT2D eigenvalue weighted by Crippen LogP contribution is -2.56. The van der Waals surface area contributed by atoms with Crippen molar-refractivity contribution in [1.29, 1.82) is 0 Å². The summed E-state index contributed by atoms with van der Waals surface area (Å²) in [6.07, 6.45) is 0. The minimum atomic E-state index is 0.0470. The highest BCUT2D eigenvalue weighted by atomic mass is 16.2. The lowest BCUT2D eigenvalue weighted by atomic mass is 10.2. The average Bonchev–Trinajstić information content (AvgIpc) is 2.23. The highest BCUT2D eigenvalue weighted by molar-refractivity contribution is 5.92. The summed E-state index contributed by atoms with van der Waals surface area (Å²) >= 11 is 0. The third kappa shape index (κ3) is 3.20. The summed E-state index contributed by atoms with van der Waals surface area (Å²) in [7, 11) is 0. The van der Waals surface area contributed by atoms with Crippen molar-refractivity contribution >= 4 is 11.8 Å². The molecule has 1 unspecified atom stereocenters. The monoisotopic (exact) mass is 227 g/mol. The minimum absolute atomic E-state index is 0.0470. The van der Waals surface area contributed by atoms with Gasteiger partial charge in [0.1, 0.15) is 0 Å². The summed E-state index contributed by atoms with van der Waals surface area (Å²) in [6, 6.07) is 0.231. The van der Waals surface area contributed by atoms with Gasteiger partial charge in [0.2, 0.25) is 11.8 Å². The van der Waals surface area contributed by atoms with E-state index in [9.17, 15) is 9.59 Å². The number of likely N-dealkylation sites (N-methyl/N-ethyl adjacent to an activating group) is 2. The smallest absolute Gasteiger partial charge is 0.242 e. The molecule has 0 saturated carbocycles. The molecule has 1 rings (SSSR count). The fourth-order valence-corrected chi connectivity index (χ4v) is 1.90. The van der Waals surface area contributed by atoms with Gasteiger partial charge in [-0.2, -0.15) is 0 Å². The van der Waals surface area contributed by atoms with Crippen LogP contribution in [0.1, 0.15) is 20.8 Å². The van der Waals surface area contributed by atoms with Crippen molar-refractivity contribution < 1.29 is 9.59 Å². The molecule has 0 bridgehead atoms. The van der Waals surface area contributed by atoms with Gasteiger partial charge in [-0.3, -0.25) is 9.59 Å². The largest absolute Gasteiger partial charge is 0.332 e. The van der Waals surface area contributed by atoms with Crippen LogP contribution in [0.25, 0.3) is 0 Å². The number of nitrogens with one attached hydrogen (secondary N) is 1. The molecule has 5 heteroatoms.